The van der Waals surface area contributed by atoms with E-state index in [1.165, 1.54) is 6.92 Å². The van der Waals surface area contributed by atoms with Gasteiger partial charge in [0.25, 0.3) is 5.88 Å². The van der Waals surface area contributed by atoms with Gasteiger partial charge in [-0.2, -0.15) is 13.4 Å². The van der Waals surface area contributed by atoms with Crippen molar-refractivity contribution in [3.63, 3.8) is 0 Å². The fourth-order valence-corrected chi connectivity index (χ4v) is 3.38. The molecule has 0 atom stereocenters. The maximum absolute atomic E-state index is 11.3. The van der Waals surface area contributed by atoms with Gasteiger partial charge in [-0.15, -0.1) is 0 Å². The molecule has 0 aliphatic rings. The van der Waals surface area contributed by atoms with Crippen LogP contribution in [0.4, 0.5) is 0 Å². The normalized spacial score (nSPS) is 11.7. The number of hydrogen-bond acceptors (Lipinski definition) is 8. The molecule has 0 aliphatic carbocycles. The molecule has 0 saturated heterocycles. The van der Waals surface area contributed by atoms with Gasteiger partial charge in [0, 0.05) is 5.33 Å². The molecule has 0 aliphatic heterocycles. The Labute approximate surface area is 141 Å². The smallest absolute Gasteiger partial charge is 0.743 e. The Morgan fingerprint density at radius 2 is 1.95 bits per heavy atom. The van der Waals surface area contributed by atoms with E-state index >= 15 is 0 Å². The molecule has 0 radical (unpaired) electrons. The molecule has 1 rings (SSSR count). The molecule has 0 saturated carbocycles. The van der Waals surface area contributed by atoms with E-state index < -0.39 is 31.1 Å². The molecular formula is C7H8BrN2NaO6S2. The minimum atomic E-state index is -4.83. The molecule has 102 valence electrons. The van der Waals surface area contributed by atoms with Crippen LogP contribution in [0.2, 0.25) is 0 Å². The Kier molecular flexibility index (Phi) is 7.38. The number of halogens is 1. The largest absolute Gasteiger partial charge is 1.00 e. The number of aryl methyl sites for hydroxylation is 1. The maximum Gasteiger partial charge on any atom is 1.00 e. The molecule has 0 fully saturated rings. The second-order valence-corrected chi connectivity index (χ2v) is 6.87. The van der Waals surface area contributed by atoms with E-state index in [4.69, 9.17) is 0 Å². The van der Waals surface area contributed by atoms with Gasteiger partial charge in [-0.3, -0.25) is 4.98 Å². The molecule has 8 nitrogen and oxygen atoms in total. The van der Waals surface area contributed by atoms with Crippen LogP contribution < -0.4 is 33.7 Å². The molecule has 12 heteroatoms. The second-order valence-electron chi connectivity index (χ2n) is 3.09. The number of alkyl halides is 1. The van der Waals surface area contributed by atoms with Crippen LogP contribution in [-0.4, -0.2) is 42.4 Å². The third-order valence-electron chi connectivity index (χ3n) is 1.67. The van der Waals surface area contributed by atoms with E-state index in [-0.39, 0.29) is 46.3 Å². The van der Waals surface area contributed by atoms with Gasteiger partial charge >= 0.3 is 39.7 Å². The zero-order valence-corrected chi connectivity index (χ0v) is 15.2. The first kappa shape index (κ1) is 19.2. The van der Waals surface area contributed by atoms with Crippen molar-refractivity contribution in [3.05, 3.63) is 11.9 Å². The number of rotatable bonds is 5. The molecule has 0 aromatic carbocycles. The minimum absolute atomic E-state index is 0. The molecule has 0 bridgehead atoms. The summed E-state index contributed by atoms with van der Waals surface area (Å²) < 4.78 is 59.6. The summed E-state index contributed by atoms with van der Waals surface area (Å²) in [6.45, 7) is 1.26. The predicted molar refractivity (Wildman–Crippen MR) is 62.9 cm³/mol. The summed E-state index contributed by atoms with van der Waals surface area (Å²) >= 11 is 2.92. The van der Waals surface area contributed by atoms with Gasteiger partial charge in [0.15, 0.2) is 5.03 Å². The van der Waals surface area contributed by atoms with Gasteiger partial charge in [-0.1, -0.05) is 15.9 Å². The first-order valence-corrected chi connectivity index (χ1v) is 8.54. The minimum Gasteiger partial charge on any atom is -0.743 e. The van der Waals surface area contributed by atoms with Crippen LogP contribution in [-0.2, 0) is 20.2 Å². The third-order valence-corrected chi connectivity index (χ3v) is 4.58. The van der Waals surface area contributed by atoms with Crippen LogP contribution in [0, 0.1) is 6.92 Å². The number of aromatic nitrogens is 2. The van der Waals surface area contributed by atoms with E-state index in [1.807, 2.05) is 0 Å². The summed E-state index contributed by atoms with van der Waals surface area (Å²) in [7, 11) is -8.74. The summed E-state index contributed by atoms with van der Waals surface area (Å²) in [4.78, 5) is 6.88. The van der Waals surface area contributed by atoms with E-state index in [9.17, 15) is 21.4 Å². The summed E-state index contributed by atoms with van der Waals surface area (Å²) in [5, 5.41) is -0.713. The Balaban J connectivity index is 0.00000324. The van der Waals surface area contributed by atoms with E-state index in [0.29, 0.717) is 0 Å². The molecule has 0 N–H and O–H groups in total. The van der Waals surface area contributed by atoms with Crippen LogP contribution in [0.25, 0.3) is 0 Å². The van der Waals surface area contributed by atoms with Gasteiger partial charge in [0.1, 0.15) is 10.1 Å². The van der Waals surface area contributed by atoms with Gasteiger partial charge in [-0.05, 0) is 6.92 Å². The van der Waals surface area contributed by atoms with Crippen molar-refractivity contribution >= 4 is 36.2 Å². The van der Waals surface area contributed by atoms with E-state index in [1.54, 1.807) is 0 Å². The second kappa shape index (κ2) is 7.29. The summed E-state index contributed by atoms with van der Waals surface area (Å²) in [5.41, 5.74) is -0.129. The number of hydrogen-bond donors (Lipinski definition) is 0. The summed E-state index contributed by atoms with van der Waals surface area (Å²) in [6.07, 6.45) is 0.926. The van der Waals surface area contributed by atoms with Gasteiger partial charge in [-0.25, -0.2) is 8.42 Å². The SMILES string of the molecule is Cc1ncc(OS(=O)(=O)CCBr)nc1S(=O)(=O)[O-].[Na+]. The molecule has 19 heavy (non-hydrogen) atoms. The monoisotopic (exact) mass is 382 g/mol. The maximum atomic E-state index is 11.3. The van der Waals surface area contributed by atoms with Crippen molar-refractivity contribution < 1.29 is 55.1 Å². The molecule has 1 aromatic heterocycles. The van der Waals surface area contributed by atoms with Crippen molar-refractivity contribution in [2.45, 2.75) is 11.9 Å². The van der Waals surface area contributed by atoms with Gasteiger partial charge in [0.2, 0.25) is 0 Å². The molecule has 1 aromatic rings. The van der Waals surface area contributed by atoms with E-state index in [0.717, 1.165) is 6.20 Å². The van der Waals surface area contributed by atoms with Crippen molar-refractivity contribution in [1.82, 2.24) is 9.97 Å². The summed E-state index contributed by atoms with van der Waals surface area (Å²) in [6, 6.07) is 0. The molecule has 1 heterocycles. The van der Waals surface area contributed by atoms with Crippen LogP contribution in [0.1, 0.15) is 5.69 Å². The average Bonchev–Trinajstić information content (AvgIpc) is 2.18. The first-order valence-electron chi connectivity index (χ1n) is 4.43. The fourth-order valence-electron chi connectivity index (χ4n) is 0.960. The quantitative estimate of drug-likeness (QED) is 0.225. The van der Waals surface area contributed by atoms with Crippen LogP contribution >= 0.6 is 15.9 Å². The molecular weight excluding hydrogens is 375 g/mol. The zero-order chi connectivity index (χ0) is 14.0. The molecule has 0 unspecified atom stereocenters. The van der Waals surface area contributed by atoms with Crippen molar-refractivity contribution in [3.8, 4) is 5.88 Å². The van der Waals surface area contributed by atoms with Crippen molar-refractivity contribution in [2.75, 3.05) is 11.1 Å². The zero-order valence-electron chi connectivity index (χ0n) is 10.0. The van der Waals surface area contributed by atoms with Crippen LogP contribution in [0.5, 0.6) is 5.88 Å². The van der Waals surface area contributed by atoms with Gasteiger partial charge < -0.3 is 8.74 Å². The summed E-state index contributed by atoms with van der Waals surface area (Å²) in [5.74, 6) is -0.891. The van der Waals surface area contributed by atoms with Crippen LogP contribution in [0.15, 0.2) is 11.2 Å². The average molecular weight is 383 g/mol. The van der Waals surface area contributed by atoms with Crippen LogP contribution in [0.3, 0.4) is 0 Å². The standard InChI is InChI=1S/C7H9BrN2O6S2.Na/c1-5-7(18(13,14)15)10-6(4-9-5)16-17(11,12)3-2-8;/h4H,2-3H2,1H3,(H,13,14,15);/q;+1/p-1. The first-order chi connectivity index (χ1) is 8.15. The Hall–Kier alpha value is 0.220. The molecule has 0 amide bonds. The van der Waals surface area contributed by atoms with Crippen molar-refractivity contribution in [1.29, 1.82) is 0 Å². The van der Waals surface area contributed by atoms with Gasteiger partial charge in [0.05, 0.1) is 17.6 Å². The fraction of sp³-hybridized carbons (Fsp3) is 0.429. The predicted octanol–water partition coefficient (Wildman–Crippen LogP) is -3.20. The third kappa shape index (κ3) is 6.02. The topological polar surface area (TPSA) is 126 Å². The van der Waals surface area contributed by atoms with E-state index in [2.05, 4.69) is 30.1 Å². The molecule has 0 spiro atoms. The Bertz CT molecular complexity index is 648. The Morgan fingerprint density at radius 3 is 2.42 bits per heavy atom. The Morgan fingerprint density at radius 1 is 1.37 bits per heavy atom. The number of nitrogens with zero attached hydrogens (tertiary/aromatic N) is 2. The van der Waals surface area contributed by atoms with Crippen molar-refractivity contribution in [2.24, 2.45) is 0 Å².